The second-order valence-electron chi connectivity index (χ2n) is 15.3. The SMILES string of the molecule is CC1(C)c2ccccc2-c2ccc(-c3c4ccccc4c(-c4ccc(-c5ccc6ccc7ccc(-c8ccccc8)nc7c6n5)cc4)c4ccccc34)cc21. The van der Waals surface area contributed by atoms with Gasteiger partial charge in [-0.05, 0) is 84.3 Å². The molecule has 2 heteroatoms. The molecule has 55 heavy (non-hydrogen) atoms. The van der Waals surface area contributed by atoms with Crippen molar-refractivity contribution in [2.24, 2.45) is 0 Å². The zero-order chi connectivity index (χ0) is 36.7. The molecule has 0 N–H and O–H groups in total. The molecule has 0 atom stereocenters. The summed E-state index contributed by atoms with van der Waals surface area (Å²) in [6.45, 7) is 4.72. The van der Waals surface area contributed by atoms with Crippen LogP contribution in [-0.4, -0.2) is 9.97 Å². The van der Waals surface area contributed by atoms with Crippen LogP contribution in [0, 0.1) is 0 Å². The Hall–Kier alpha value is -6.90. The van der Waals surface area contributed by atoms with E-state index in [9.17, 15) is 0 Å². The Morgan fingerprint density at radius 1 is 0.345 bits per heavy atom. The predicted octanol–water partition coefficient (Wildman–Crippen LogP) is 14.1. The van der Waals surface area contributed by atoms with Gasteiger partial charge < -0.3 is 0 Å². The molecule has 0 bridgehead atoms. The van der Waals surface area contributed by atoms with Crippen LogP contribution in [0.4, 0.5) is 0 Å². The Labute approximate surface area is 320 Å². The van der Waals surface area contributed by atoms with Gasteiger partial charge in [0.2, 0.25) is 0 Å². The summed E-state index contributed by atoms with van der Waals surface area (Å²) in [5, 5.41) is 7.20. The van der Waals surface area contributed by atoms with Crippen molar-refractivity contribution in [3.63, 3.8) is 0 Å². The summed E-state index contributed by atoms with van der Waals surface area (Å²) in [5.74, 6) is 0. The lowest BCUT2D eigenvalue weighted by Gasteiger charge is -2.23. The van der Waals surface area contributed by atoms with Gasteiger partial charge in [-0.3, -0.25) is 0 Å². The third-order valence-corrected chi connectivity index (χ3v) is 11.9. The van der Waals surface area contributed by atoms with E-state index in [1.807, 2.05) is 6.07 Å². The van der Waals surface area contributed by atoms with E-state index in [0.29, 0.717) is 0 Å². The van der Waals surface area contributed by atoms with Gasteiger partial charge in [0.1, 0.15) is 0 Å². The lowest BCUT2D eigenvalue weighted by Crippen LogP contribution is -2.14. The number of fused-ring (bicyclic) bond motifs is 8. The highest BCUT2D eigenvalue weighted by Crippen LogP contribution is 2.51. The third kappa shape index (κ3) is 4.88. The summed E-state index contributed by atoms with van der Waals surface area (Å²) in [6.07, 6.45) is 0. The molecule has 2 nitrogen and oxygen atoms in total. The molecular formula is C53H36N2. The first-order valence-electron chi connectivity index (χ1n) is 19.1. The summed E-state index contributed by atoms with van der Waals surface area (Å²) < 4.78 is 0. The summed E-state index contributed by atoms with van der Waals surface area (Å²) in [7, 11) is 0. The van der Waals surface area contributed by atoms with Crippen molar-refractivity contribution in [2.45, 2.75) is 19.3 Å². The van der Waals surface area contributed by atoms with Gasteiger partial charge in [-0.15, -0.1) is 0 Å². The van der Waals surface area contributed by atoms with Gasteiger partial charge in [-0.1, -0.05) is 178 Å². The number of pyridine rings is 2. The monoisotopic (exact) mass is 700 g/mol. The van der Waals surface area contributed by atoms with Crippen molar-refractivity contribution < 1.29 is 0 Å². The quantitative estimate of drug-likeness (QED) is 0.135. The van der Waals surface area contributed by atoms with Gasteiger partial charge in [0.15, 0.2) is 0 Å². The molecule has 0 saturated carbocycles. The molecule has 0 fully saturated rings. The van der Waals surface area contributed by atoms with Crippen molar-refractivity contribution in [3.05, 3.63) is 193 Å². The van der Waals surface area contributed by atoms with Crippen molar-refractivity contribution in [3.8, 4) is 55.9 Å². The molecule has 0 spiro atoms. The summed E-state index contributed by atoms with van der Waals surface area (Å²) in [6, 6.07) is 66.0. The normalized spacial score (nSPS) is 13.1. The Morgan fingerprint density at radius 3 is 1.38 bits per heavy atom. The van der Waals surface area contributed by atoms with Gasteiger partial charge in [-0.2, -0.15) is 0 Å². The summed E-state index contributed by atoms with van der Waals surface area (Å²) in [5.41, 5.74) is 16.3. The lowest BCUT2D eigenvalue weighted by molar-refractivity contribution is 0.660. The molecular weight excluding hydrogens is 665 g/mol. The fourth-order valence-electron chi connectivity index (χ4n) is 9.12. The Bertz CT molecular complexity index is 3100. The molecule has 0 aliphatic heterocycles. The van der Waals surface area contributed by atoms with E-state index in [2.05, 4.69) is 190 Å². The van der Waals surface area contributed by atoms with Gasteiger partial charge in [-0.25, -0.2) is 9.97 Å². The maximum Gasteiger partial charge on any atom is 0.0972 e. The van der Waals surface area contributed by atoms with E-state index in [0.717, 1.165) is 44.3 Å². The topological polar surface area (TPSA) is 25.8 Å². The third-order valence-electron chi connectivity index (χ3n) is 11.9. The molecule has 0 saturated heterocycles. The molecule has 8 aromatic carbocycles. The predicted molar refractivity (Wildman–Crippen MR) is 231 cm³/mol. The molecule has 258 valence electrons. The molecule has 0 amide bonds. The number of nitrogens with zero attached hydrogens (tertiary/aromatic N) is 2. The minimum atomic E-state index is -0.0656. The van der Waals surface area contributed by atoms with Crippen molar-refractivity contribution >= 4 is 43.4 Å². The van der Waals surface area contributed by atoms with E-state index < -0.39 is 0 Å². The number of hydrogen-bond acceptors (Lipinski definition) is 2. The number of benzene rings is 8. The fraction of sp³-hybridized carbons (Fsp3) is 0.0566. The van der Waals surface area contributed by atoms with Crippen LogP contribution in [-0.2, 0) is 5.41 Å². The van der Waals surface area contributed by atoms with Crippen LogP contribution in [0.25, 0.3) is 99.2 Å². The van der Waals surface area contributed by atoms with Crippen LogP contribution in [0.5, 0.6) is 0 Å². The van der Waals surface area contributed by atoms with Crippen LogP contribution >= 0.6 is 0 Å². The fourth-order valence-corrected chi connectivity index (χ4v) is 9.12. The highest BCUT2D eigenvalue weighted by molar-refractivity contribution is 6.21. The summed E-state index contributed by atoms with van der Waals surface area (Å²) in [4.78, 5) is 10.4. The second kappa shape index (κ2) is 12.1. The summed E-state index contributed by atoms with van der Waals surface area (Å²) >= 11 is 0. The zero-order valence-corrected chi connectivity index (χ0v) is 30.7. The molecule has 10 aromatic rings. The van der Waals surface area contributed by atoms with Gasteiger partial charge in [0.05, 0.1) is 22.4 Å². The molecule has 11 rings (SSSR count). The minimum Gasteiger partial charge on any atom is -0.245 e. The highest BCUT2D eigenvalue weighted by atomic mass is 14.8. The number of hydrogen-bond donors (Lipinski definition) is 0. The Kier molecular flexibility index (Phi) is 6.93. The van der Waals surface area contributed by atoms with E-state index in [1.165, 1.54) is 66.1 Å². The van der Waals surface area contributed by atoms with E-state index >= 15 is 0 Å². The highest BCUT2D eigenvalue weighted by Gasteiger charge is 2.35. The number of aromatic nitrogens is 2. The van der Waals surface area contributed by atoms with Gasteiger partial charge >= 0.3 is 0 Å². The molecule has 0 radical (unpaired) electrons. The second-order valence-corrected chi connectivity index (χ2v) is 15.3. The van der Waals surface area contributed by atoms with Gasteiger partial charge in [0.25, 0.3) is 0 Å². The lowest BCUT2D eigenvalue weighted by atomic mass is 9.80. The van der Waals surface area contributed by atoms with Crippen LogP contribution in [0.2, 0.25) is 0 Å². The van der Waals surface area contributed by atoms with Crippen molar-refractivity contribution in [1.82, 2.24) is 9.97 Å². The number of rotatable bonds is 4. The van der Waals surface area contributed by atoms with Crippen molar-refractivity contribution in [2.75, 3.05) is 0 Å². The largest absolute Gasteiger partial charge is 0.245 e. The van der Waals surface area contributed by atoms with E-state index in [-0.39, 0.29) is 5.41 Å². The van der Waals surface area contributed by atoms with E-state index in [1.54, 1.807) is 0 Å². The standard InChI is InChI=1S/C53H36N2/c1-53(2)45-19-11-10-14-39(45)40-29-26-38(32-46(40)53)50-43-17-8-6-15-41(43)49(42-16-7-9-18-44(42)50)35-22-20-34(21-23-35)48-31-28-37-25-24-36-27-30-47(33-12-4-3-5-13-33)54-51(36)52(37)55-48/h3-32H,1-2H3. The molecule has 1 aliphatic rings. The van der Waals surface area contributed by atoms with Gasteiger partial charge in [0, 0.05) is 27.3 Å². The molecule has 2 heterocycles. The maximum absolute atomic E-state index is 5.24. The molecule has 1 aliphatic carbocycles. The average molecular weight is 701 g/mol. The molecule has 0 unspecified atom stereocenters. The average Bonchev–Trinajstić information content (AvgIpc) is 3.48. The van der Waals surface area contributed by atoms with E-state index in [4.69, 9.17) is 9.97 Å². The van der Waals surface area contributed by atoms with Crippen LogP contribution in [0.15, 0.2) is 182 Å². The van der Waals surface area contributed by atoms with Crippen LogP contribution in [0.3, 0.4) is 0 Å². The van der Waals surface area contributed by atoms with Crippen molar-refractivity contribution in [1.29, 1.82) is 0 Å². The molecule has 2 aromatic heterocycles. The van der Waals surface area contributed by atoms with Crippen LogP contribution < -0.4 is 0 Å². The first kappa shape index (κ1) is 31.6. The Morgan fingerprint density at radius 2 is 0.782 bits per heavy atom. The van der Waals surface area contributed by atoms with Crippen LogP contribution in [0.1, 0.15) is 25.0 Å². The first-order valence-corrected chi connectivity index (χ1v) is 19.1. The Balaban J connectivity index is 1.04. The zero-order valence-electron chi connectivity index (χ0n) is 30.7. The first-order chi connectivity index (χ1) is 27.0. The maximum atomic E-state index is 5.24. The minimum absolute atomic E-state index is 0.0656. The smallest absolute Gasteiger partial charge is 0.0972 e.